The molecule has 158 valence electrons. The van der Waals surface area contributed by atoms with Crippen molar-refractivity contribution in [3.8, 4) is 0 Å². The fourth-order valence-corrected chi connectivity index (χ4v) is 4.78. The second-order valence-electron chi connectivity index (χ2n) is 9.19. The minimum absolute atomic E-state index is 0.0541. The zero-order valence-corrected chi connectivity index (χ0v) is 18.6. The third-order valence-corrected chi connectivity index (χ3v) is 7.39. The summed E-state index contributed by atoms with van der Waals surface area (Å²) in [5, 5.41) is 8.65. The smallest absolute Gasteiger partial charge is 0.246 e. The lowest BCUT2D eigenvalue weighted by Crippen LogP contribution is -2.45. The van der Waals surface area contributed by atoms with E-state index in [-0.39, 0.29) is 17.2 Å². The molecule has 0 radical (unpaired) electrons. The van der Waals surface area contributed by atoms with Crippen LogP contribution in [0.1, 0.15) is 62.3 Å². The number of para-hydroxylation sites is 2. The highest BCUT2D eigenvalue weighted by atomic mass is 16.2. The van der Waals surface area contributed by atoms with Gasteiger partial charge in [0.05, 0.1) is 28.4 Å². The van der Waals surface area contributed by atoms with Gasteiger partial charge in [-0.2, -0.15) is 10.2 Å². The maximum atomic E-state index is 13.2. The zero-order valence-electron chi connectivity index (χ0n) is 18.6. The van der Waals surface area contributed by atoms with Crippen LogP contribution in [0.25, 0.3) is 11.0 Å². The third kappa shape index (κ3) is 3.04. The Balaban J connectivity index is 1.54. The van der Waals surface area contributed by atoms with Crippen LogP contribution in [0.2, 0.25) is 0 Å². The maximum absolute atomic E-state index is 13.2. The van der Waals surface area contributed by atoms with E-state index in [0.717, 1.165) is 46.7 Å². The van der Waals surface area contributed by atoms with Crippen molar-refractivity contribution in [2.45, 2.75) is 53.4 Å². The average Bonchev–Trinajstić information content (AvgIpc) is 3.30. The van der Waals surface area contributed by atoms with E-state index in [0.29, 0.717) is 0 Å². The minimum Gasteiger partial charge on any atom is -0.342 e. The van der Waals surface area contributed by atoms with Crippen molar-refractivity contribution in [2.75, 3.05) is 0 Å². The minimum atomic E-state index is -0.549. The van der Waals surface area contributed by atoms with Gasteiger partial charge in [0.25, 0.3) is 0 Å². The molecule has 2 N–H and O–H groups in total. The first kappa shape index (κ1) is 20.3. The molecule has 0 aliphatic heterocycles. The summed E-state index contributed by atoms with van der Waals surface area (Å²) in [4.78, 5) is 21.5. The number of rotatable bonds is 4. The number of aromatic amines is 1. The van der Waals surface area contributed by atoms with E-state index < -0.39 is 5.41 Å². The van der Waals surface area contributed by atoms with E-state index in [1.807, 2.05) is 56.8 Å². The number of hydrogen-bond donors (Lipinski definition) is 2. The fourth-order valence-electron chi connectivity index (χ4n) is 4.78. The van der Waals surface area contributed by atoms with E-state index in [4.69, 9.17) is 4.98 Å². The molecule has 2 heterocycles. The number of carbonyl (C=O) groups excluding carboxylic acids is 1. The van der Waals surface area contributed by atoms with Crippen molar-refractivity contribution >= 4 is 23.2 Å². The van der Waals surface area contributed by atoms with E-state index in [9.17, 15) is 4.79 Å². The molecule has 4 rings (SSSR count). The van der Waals surface area contributed by atoms with Gasteiger partial charge in [-0.1, -0.05) is 32.9 Å². The van der Waals surface area contributed by atoms with Crippen LogP contribution in [-0.2, 0) is 11.8 Å². The molecule has 0 saturated heterocycles. The summed E-state index contributed by atoms with van der Waals surface area (Å²) in [6.07, 6.45) is 3.38. The molecule has 0 bridgehead atoms. The molecule has 2 atom stereocenters. The molecule has 1 fully saturated rings. The number of amides is 1. The van der Waals surface area contributed by atoms with Crippen LogP contribution in [0.4, 0.5) is 0 Å². The van der Waals surface area contributed by atoms with Gasteiger partial charge in [0, 0.05) is 24.2 Å². The number of aromatic nitrogens is 4. The van der Waals surface area contributed by atoms with Crippen molar-refractivity contribution in [1.82, 2.24) is 25.2 Å². The standard InChI is InChI=1S/C23H30N6O/c1-14-16(15(2)29(6)28-14)13-24-27-21(30)23(5)12-11-17(22(23,3)4)20-25-18-9-7-8-10-19(18)26-20/h7-10,13,17H,11-12H2,1-6H3,(H,25,26)(H,27,30)/b24-13-/t17-,23+/m1/s1. The van der Waals surface area contributed by atoms with Crippen LogP contribution in [0.5, 0.6) is 0 Å². The van der Waals surface area contributed by atoms with Crippen LogP contribution in [0.3, 0.4) is 0 Å². The third-order valence-electron chi connectivity index (χ3n) is 7.39. The lowest BCUT2D eigenvalue weighted by atomic mass is 9.65. The van der Waals surface area contributed by atoms with Gasteiger partial charge in [-0.3, -0.25) is 9.48 Å². The number of nitrogens with zero attached hydrogens (tertiary/aromatic N) is 4. The van der Waals surface area contributed by atoms with Gasteiger partial charge in [0.1, 0.15) is 5.82 Å². The Morgan fingerprint density at radius 3 is 2.70 bits per heavy atom. The van der Waals surface area contributed by atoms with Crippen LogP contribution in [0.15, 0.2) is 29.4 Å². The van der Waals surface area contributed by atoms with Gasteiger partial charge >= 0.3 is 0 Å². The van der Waals surface area contributed by atoms with Crippen molar-refractivity contribution in [2.24, 2.45) is 23.0 Å². The summed E-state index contributed by atoms with van der Waals surface area (Å²) in [5.41, 5.74) is 6.82. The normalized spacial score (nSPS) is 23.5. The number of carbonyl (C=O) groups is 1. The summed E-state index contributed by atoms with van der Waals surface area (Å²) in [5.74, 6) is 1.08. The summed E-state index contributed by atoms with van der Waals surface area (Å²) in [7, 11) is 1.90. The first-order valence-electron chi connectivity index (χ1n) is 10.4. The van der Waals surface area contributed by atoms with Crippen molar-refractivity contribution in [3.63, 3.8) is 0 Å². The Morgan fingerprint density at radius 2 is 2.03 bits per heavy atom. The highest BCUT2D eigenvalue weighted by Gasteiger charge is 2.57. The maximum Gasteiger partial charge on any atom is 0.246 e. The van der Waals surface area contributed by atoms with Crippen LogP contribution in [-0.4, -0.2) is 31.9 Å². The molecule has 0 unspecified atom stereocenters. The van der Waals surface area contributed by atoms with Crippen molar-refractivity contribution in [3.05, 3.63) is 47.0 Å². The molecule has 1 saturated carbocycles. The van der Waals surface area contributed by atoms with Gasteiger partial charge in [-0.15, -0.1) is 0 Å². The van der Waals surface area contributed by atoms with Crippen LogP contribution in [0, 0.1) is 24.7 Å². The summed E-state index contributed by atoms with van der Waals surface area (Å²) in [6.45, 7) is 10.3. The molecule has 1 aliphatic rings. The molecular formula is C23H30N6O. The number of hydrogen-bond acceptors (Lipinski definition) is 4. The van der Waals surface area contributed by atoms with E-state index >= 15 is 0 Å². The highest BCUT2D eigenvalue weighted by molar-refractivity contribution is 5.87. The highest BCUT2D eigenvalue weighted by Crippen LogP contribution is 2.59. The van der Waals surface area contributed by atoms with Gasteiger partial charge in [-0.05, 0) is 44.2 Å². The average molecular weight is 407 g/mol. The molecule has 1 amide bonds. The van der Waals surface area contributed by atoms with Gasteiger partial charge in [0.2, 0.25) is 5.91 Å². The predicted molar refractivity (Wildman–Crippen MR) is 118 cm³/mol. The molecule has 1 aromatic carbocycles. The number of imidazole rings is 1. The number of nitrogens with one attached hydrogen (secondary N) is 2. The van der Waals surface area contributed by atoms with Gasteiger partial charge < -0.3 is 4.98 Å². The quantitative estimate of drug-likeness (QED) is 0.507. The molecule has 2 aromatic heterocycles. The first-order valence-corrected chi connectivity index (χ1v) is 10.4. The van der Waals surface area contributed by atoms with Gasteiger partial charge in [-0.25, -0.2) is 10.4 Å². The Kier molecular flexibility index (Phi) is 4.79. The van der Waals surface area contributed by atoms with E-state index in [2.05, 4.69) is 34.5 Å². The van der Waals surface area contributed by atoms with Crippen LogP contribution < -0.4 is 5.43 Å². The number of H-pyrrole nitrogens is 1. The number of hydrazone groups is 1. The number of fused-ring (bicyclic) bond motifs is 1. The molecule has 0 spiro atoms. The molecule has 7 nitrogen and oxygen atoms in total. The monoisotopic (exact) mass is 406 g/mol. The van der Waals surface area contributed by atoms with Crippen LogP contribution >= 0.6 is 0 Å². The van der Waals surface area contributed by atoms with Gasteiger partial charge in [0.15, 0.2) is 0 Å². The molecule has 7 heteroatoms. The topological polar surface area (TPSA) is 88.0 Å². The largest absolute Gasteiger partial charge is 0.342 e. The SMILES string of the molecule is Cc1nn(C)c(C)c1/C=N\NC(=O)[C@]1(C)CC[C@H](c2nc3ccccc3[nH]2)C1(C)C. The second-order valence-corrected chi connectivity index (χ2v) is 9.19. The Bertz CT molecular complexity index is 1100. The molecule has 30 heavy (non-hydrogen) atoms. The van der Waals surface area contributed by atoms with E-state index in [1.165, 1.54) is 0 Å². The Labute approximate surface area is 177 Å². The first-order chi connectivity index (χ1) is 14.1. The lowest BCUT2D eigenvalue weighted by Gasteiger charge is -2.39. The molecular weight excluding hydrogens is 376 g/mol. The predicted octanol–water partition coefficient (Wildman–Crippen LogP) is 3.97. The van der Waals surface area contributed by atoms with Crippen molar-refractivity contribution < 1.29 is 4.79 Å². The summed E-state index contributed by atoms with van der Waals surface area (Å²) < 4.78 is 1.82. The second kappa shape index (κ2) is 7.07. The Morgan fingerprint density at radius 1 is 1.30 bits per heavy atom. The molecule has 1 aliphatic carbocycles. The molecule has 3 aromatic rings. The summed E-state index contributed by atoms with van der Waals surface area (Å²) >= 11 is 0. The lowest BCUT2D eigenvalue weighted by molar-refractivity contribution is -0.135. The van der Waals surface area contributed by atoms with E-state index in [1.54, 1.807) is 6.21 Å². The number of aryl methyl sites for hydroxylation is 2. The fraction of sp³-hybridized carbons (Fsp3) is 0.478. The van der Waals surface area contributed by atoms with Crippen molar-refractivity contribution in [1.29, 1.82) is 0 Å². The Hall–Kier alpha value is -2.96. The summed E-state index contributed by atoms with van der Waals surface area (Å²) in [6, 6.07) is 8.05. The number of benzene rings is 1. The zero-order chi connectivity index (χ0) is 21.7.